The van der Waals surface area contributed by atoms with E-state index in [9.17, 15) is 14.9 Å². The minimum absolute atomic E-state index is 0.0542. The minimum atomic E-state index is -0.648. The van der Waals surface area contributed by atoms with Crippen molar-refractivity contribution in [3.63, 3.8) is 0 Å². The Labute approximate surface area is 119 Å². The van der Waals surface area contributed by atoms with Crippen LogP contribution >= 0.6 is 11.3 Å². The first-order valence-electron chi connectivity index (χ1n) is 5.75. The Morgan fingerprint density at radius 2 is 2.20 bits per heavy atom. The fraction of sp³-hybridized carbons (Fsp3) is 0.0714. The van der Waals surface area contributed by atoms with Gasteiger partial charge in [-0.15, -0.1) is 11.3 Å². The number of nitro benzene ring substituents is 1. The van der Waals surface area contributed by atoms with Gasteiger partial charge >= 0.3 is 11.7 Å². The lowest BCUT2D eigenvalue weighted by atomic mass is 10.2. The zero-order valence-corrected chi connectivity index (χ0v) is 11.4. The second kappa shape index (κ2) is 6.12. The number of carbonyl (C=O) groups is 1. The van der Waals surface area contributed by atoms with E-state index in [0.29, 0.717) is 0 Å². The van der Waals surface area contributed by atoms with Gasteiger partial charge in [-0.1, -0.05) is 12.1 Å². The highest BCUT2D eigenvalue weighted by atomic mass is 32.1. The van der Waals surface area contributed by atoms with Crippen LogP contribution in [0.4, 0.5) is 5.69 Å². The third-order valence-corrected chi connectivity index (χ3v) is 3.29. The molecule has 102 valence electrons. The summed E-state index contributed by atoms with van der Waals surface area (Å²) < 4.78 is 5.00. The summed E-state index contributed by atoms with van der Waals surface area (Å²) in [5.74, 6) is -0.702. The number of carbonyl (C=O) groups excluding carboxylic acids is 1. The Hall–Kier alpha value is -2.47. The third-order valence-electron chi connectivity index (χ3n) is 2.45. The van der Waals surface area contributed by atoms with Gasteiger partial charge in [0.2, 0.25) is 5.75 Å². The molecule has 0 saturated carbocycles. The summed E-state index contributed by atoms with van der Waals surface area (Å²) in [6, 6.07) is 8.15. The van der Waals surface area contributed by atoms with Crippen LogP contribution in [-0.4, -0.2) is 10.9 Å². The Kier molecular flexibility index (Phi) is 4.27. The lowest BCUT2D eigenvalue weighted by molar-refractivity contribution is -0.385. The van der Waals surface area contributed by atoms with Crippen LogP contribution in [0.2, 0.25) is 0 Å². The fourth-order valence-electron chi connectivity index (χ4n) is 1.54. The number of ether oxygens (including phenoxy) is 1. The Bertz CT molecular complexity index is 662. The smallest absolute Gasteiger partial charge is 0.336 e. The van der Waals surface area contributed by atoms with Crippen molar-refractivity contribution in [3.05, 3.63) is 62.3 Å². The summed E-state index contributed by atoms with van der Waals surface area (Å²) in [7, 11) is 0. The summed E-state index contributed by atoms with van der Waals surface area (Å²) in [5.41, 5.74) is 0.508. The molecular formula is C14H11NO4S. The number of benzene rings is 1. The van der Waals surface area contributed by atoms with Crippen molar-refractivity contribution in [3.8, 4) is 5.75 Å². The second-order valence-electron chi connectivity index (χ2n) is 4.00. The van der Waals surface area contributed by atoms with Crippen LogP contribution in [0, 0.1) is 17.0 Å². The summed E-state index contributed by atoms with van der Waals surface area (Å²) in [6.07, 6.45) is 2.85. The average Bonchev–Trinajstić information content (AvgIpc) is 2.91. The van der Waals surface area contributed by atoms with E-state index in [1.165, 1.54) is 29.5 Å². The maximum atomic E-state index is 11.6. The van der Waals surface area contributed by atoms with Gasteiger partial charge in [0.25, 0.3) is 0 Å². The highest BCUT2D eigenvalue weighted by Gasteiger charge is 2.17. The lowest BCUT2D eigenvalue weighted by Gasteiger charge is -2.03. The van der Waals surface area contributed by atoms with Crippen LogP contribution in [0.5, 0.6) is 5.75 Å². The van der Waals surface area contributed by atoms with Crippen molar-refractivity contribution in [1.82, 2.24) is 0 Å². The first-order valence-corrected chi connectivity index (χ1v) is 6.62. The van der Waals surface area contributed by atoms with Gasteiger partial charge in [-0.25, -0.2) is 4.79 Å². The molecule has 0 aliphatic heterocycles. The molecule has 0 unspecified atom stereocenters. The molecule has 1 heterocycles. The topological polar surface area (TPSA) is 69.4 Å². The van der Waals surface area contributed by atoms with Crippen molar-refractivity contribution in [2.75, 3.05) is 0 Å². The molecule has 5 nitrogen and oxygen atoms in total. The molecule has 0 fully saturated rings. The average molecular weight is 289 g/mol. The number of hydrogen-bond acceptors (Lipinski definition) is 5. The predicted molar refractivity (Wildman–Crippen MR) is 76.8 cm³/mol. The van der Waals surface area contributed by atoms with E-state index >= 15 is 0 Å². The standard InChI is InChI=1S/C14H11NO4S/c1-10-4-6-13(12(9-10)15(17)18)19-14(16)7-5-11-3-2-8-20-11/h2-9H,1H3/b7-5+. The maximum absolute atomic E-state index is 11.6. The highest BCUT2D eigenvalue weighted by molar-refractivity contribution is 7.10. The van der Waals surface area contributed by atoms with Crippen LogP contribution in [0.25, 0.3) is 6.08 Å². The van der Waals surface area contributed by atoms with Crippen LogP contribution in [0.15, 0.2) is 41.8 Å². The van der Waals surface area contributed by atoms with Crippen molar-refractivity contribution < 1.29 is 14.5 Å². The molecular weight excluding hydrogens is 278 g/mol. The van der Waals surface area contributed by atoms with E-state index in [0.717, 1.165) is 10.4 Å². The largest absolute Gasteiger partial charge is 0.416 e. The number of hydrogen-bond donors (Lipinski definition) is 0. The predicted octanol–water partition coefficient (Wildman–Crippen LogP) is 3.58. The minimum Gasteiger partial charge on any atom is -0.416 e. The van der Waals surface area contributed by atoms with Crippen LogP contribution < -0.4 is 4.74 Å². The lowest BCUT2D eigenvalue weighted by Crippen LogP contribution is -2.05. The molecule has 20 heavy (non-hydrogen) atoms. The van der Waals surface area contributed by atoms with Crippen molar-refractivity contribution >= 4 is 29.1 Å². The molecule has 0 radical (unpaired) electrons. The monoisotopic (exact) mass is 289 g/mol. The van der Waals surface area contributed by atoms with Crippen molar-refractivity contribution in [2.24, 2.45) is 0 Å². The van der Waals surface area contributed by atoms with Gasteiger partial charge in [-0.05, 0) is 36.1 Å². The van der Waals surface area contributed by atoms with Gasteiger partial charge in [0.15, 0.2) is 0 Å². The van der Waals surface area contributed by atoms with Gasteiger partial charge in [-0.2, -0.15) is 0 Å². The Morgan fingerprint density at radius 1 is 1.40 bits per heavy atom. The fourth-order valence-corrected chi connectivity index (χ4v) is 2.15. The zero-order chi connectivity index (χ0) is 14.5. The molecule has 0 amide bonds. The SMILES string of the molecule is Cc1ccc(OC(=O)/C=C/c2cccs2)c([N+](=O)[O-])c1. The molecule has 2 aromatic rings. The molecule has 0 atom stereocenters. The molecule has 0 spiro atoms. The first kappa shape index (κ1) is 14.0. The number of rotatable bonds is 4. The molecule has 0 aliphatic carbocycles. The van der Waals surface area contributed by atoms with Crippen molar-refractivity contribution in [1.29, 1.82) is 0 Å². The summed E-state index contributed by atoms with van der Waals surface area (Å²) in [5, 5.41) is 12.8. The molecule has 1 aromatic carbocycles. The molecule has 0 aliphatic rings. The summed E-state index contributed by atoms with van der Waals surface area (Å²) >= 11 is 1.48. The van der Waals surface area contributed by atoms with Crippen molar-refractivity contribution in [2.45, 2.75) is 6.92 Å². The van der Waals surface area contributed by atoms with E-state index in [2.05, 4.69) is 0 Å². The number of esters is 1. The van der Waals surface area contributed by atoms with Crippen LogP contribution in [0.1, 0.15) is 10.4 Å². The molecule has 6 heteroatoms. The second-order valence-corrected chi connectivity index (χ2v) is 4.98. The van der Waals surface area contributed by atoms with Crippen LogP contribution in [0.3, 0.4) is 0 Å². The summed E-state index contributed by atoms with van der Waals surface area (Å²) in [6.45, 7) is 1.73. The molecule has 0 N–H and O–H groups in total. The maximum Gasteiger partial charge on any atom is 0.336 e. The van der Waals surface area contributed by atoms with Gasteiger partial charge < -0.3 is 4.74 Å². The van der Waals surface area contributed by atoms with Gasteiger partial charge in [0.1, 0.15) is 0 Å². The van der Waals surface area contributed by atoms with Crippen LogP contribution in [-0.2, 0) is 4.79 Å². The zero-order valence-electron chi connectivity index (χ0n) is 10.6. The van der Waals surface area contributed by atoms with E-state index in [1.807, 2.05) is 17.5 Å². The molecule has 1 aromatic heterocycles. The number of nitrogens with zero attached hydrogens (tertiary/aromatic N) is 1. The molecule has 2 rings (SSSR count). The van der Waals surface area contributed by atoms with E-state index in [4.69, 9.17) is 4.74 Å². The normalized spacial score (nSPS) is 10.7. The quantitative estimate of drug-likeness (QED) is 0.283. The molecule has 0 saturated heterocycles. The highest BCUT2D eigenvalue weighted by Crippen LogP contribution is 2.27. The first-order chi connectivity index (χ1) is 9.56. The molecule has 0 bridgehead atoms. The number of aryl methyl sites for hydroxylation is 1. The number of thiophene rings is 1. The van der Waals surface area contributed by atoms with Gasteiger partial charge in [0.05, 0.1) is 4.92 Å². The van der Waals surface area contributed by atoms with Gasteiger partial charge in [-0.3, -0.25) is 10.1 Å². The number of nitro groups is 1. The van der Waals surface area contributed by atoms with E-state index in [-0.39, 0.29) is 11.4 Å². The third kappa shape index (κ3) is 3.52. The van der Waals surface area contributed by atoms with E-state index < -0.39 is 10.9 Å². The summed E-state index contributed by atoms with van der Waals surface area (Å²) in [4.78, 5) is 22.9. The van der Waals surface area contributed by atoms with E-state index in [1.54, 1.807) is 19.1 Å². The van der Waals surface area contributed by atoms with Gasteiger partial charge in [0, 0.05) is 17.0 Å². The Morgan fingerprint density at radius 3 is 2.85 bits per heavy atom. The Balaban J connectivity index is 2.13.